The van der Waals surface area contributed by atoms with Gasteiger partial charge in [0.25, 0.3) is 0 Å². The summed E-state index contributed by atoms with van der Waals surface area (Å²) in [6.45, 7) is 1.30. The van der Waals surface area contributed by atoms with Crippen LogP contribution in [-0.4, -0.2) is 28.8 Å². The predicted octanol–water partition coefficient (Wildman–Crippen LogP) is 3.02. The van der Waals surface area contributed by atoms with Crippen LogP contribution in [-0.2, 0) is 6.18 Å². The first-order valence-electron chi connectivity index (χ1n) is 6.43. The molecule has 0 unspecified atom stereocenters. The zero-order valence-electron chi connectivity index (χ0n) is 12.4. The van der Waals surface area contributed by atoms with Gasteiger partial charge in [-0.3, -0.25) is 4.98 Å². The molecule has 0 saturated heterocycles. The third kappa shape index (κ3) is 4.04. The van der Waals surface area contributed by atoms with Crippen molar-refractivity contribution >= 4 is 23.1 Å². The highest BCUT2D eigenvalue weighted by atomic mass is 32.1. The van der Waals surface area contributed by atoms with Crippen molar-refractivity contribution in [2.24, 2.45) is 5.10 Å². The van der Waals surface area contributed by atoms with Crippen LogP contribution in [0.1, 0.15) is 17.5 Å². The summed E-state index contributed by atoms with van der Waals surface area (Å²) in [5.74, 6) is -0.690. The monoisotopic (exact) mass is 361 g/mol. The number of nitrogens with one attached hydrogen (secondary N) is 2. The van der Waals surface area contributed by atoms with Crippen molar-refractivity contribution in [2.75, 3.05) is 7.05 Å². The highest BCUT2D eigenvalue weighted by Gasteiger charge is 2.38. The Morgan fingerprint density at radius 3 is 2.62 bits per heavy atom. The predicted molar refractivity (Wildman–Crippen MR) is 80.1 cm³/mol. The van der Waals surface area contributed by atoms with E-state index in [1.807, 2.05) is 5.43 Å². The molecule has 2 aromatic rings. The quantitative estimate of drug-likeness (QED) is 0.501. The highest BCUT2D eigenvalue weighted by molar-refractivity contribution is 7.17. The van der Waals surface area contributed by atoms with Crippen molar-refractivity contribution < 1.29 is 22.4 Å². The van der Waals surface area contributed by atoms with Crippen molar-refractivity contribution in [3.05, 3.63) is 34.8 Å². The summed E-state index contributed by atoms with van der Waals surface area (Å²) in [6.07, 6.45) is -2.58. The molecule has 2 aromatic heterocycles. The minimum atomic E-state index is -4.73. The zero-order chi connectivity index (χ0) is 17.9. The minimum absolute atomic E-state index is 0.0566. The van der Waals surface area contributed by atoms with E-state index < -0.39 is 23.7 Å². The summed E-state index contributed by atoms with van der Waals surface area (Å²) in [4.78, 5) is 17.9. The lowest BCUT2D eigenvalue weighted by Gasteiger charge is -2.05. The van der Waals surface area contributed by atoms with Crippen LogP contribution in [0.2, 0.25) is 0 Å². The van der Waals surface area contributed by atoms with E-state index >= 15 is 0 Å². The molecule has 11 heteroatoms. The van der Waals surface area contributed by atoms with Gasteiger partial charge in [-0.1, -0.05) is 0 Å². The van der Waals surface area contributed by atoms with Gasteiger partial charge in [-0.25, -0.2) is 19.6 Å². The van der Waals surface area contributed by atoms with Gasteiger partial charge in [0.2, 0.25) is 0 Å². The first-order valence-corrected chi connectivity index (χ1v) is 7.25. The molecule has 0 bridgehead atoms. The Labute approximate surface area is 137 Å². The van der Waals surface area contributed by atoms with Crippen molar-refractivity contribution in [3.8, 4) is 10.6 Å². The summed E-state index contributed by atoms with van der Waals surface area (Å²) >= 11 is 0.675. The molecule has 0 aliphatic carbocycles. The molecule has 0 radical (unpaired) electrons. The average Bonchev–Trinajstić information content (AvgIpc) is 2.98. The van der Waals surface area contributed by atoms with Gasteiger partial charge in [0.15, 0.2) is 5.69 Å². The third-order valence-corrected chi connectivity index (χ3v) is 3.94. The number of thiazole rings is 1. The summed E-state index contributed by atoms with van der Waals surface area (Å²) in [7, 11) is 1.34. The molecular formula is C13H11F4N5OS. The van der Waals surface area contributed by atoms with Crippen molar-refractivity contribution in [3.63, 3.8) is 0 Å². The van der Waals surface area contributed by atoms with E-state index in [1.165, 1.54) is 20.2 Å². The highest BCUT2D eigenvalue weighted by Crippen LogP contribution is 2.37. The Balaban J connectivity index is 2.48. The molecule has 24 heavy (non-hydrogen) atoms. The Hall–Kier alpha value is -2.56. The van der Waals surface area contributed by atoms with Crippen LogP contribution in [0.5, 0.6) is 0 Å². The molecule has 0 fully saturated rings. The van der Waals surface area contributed by atoms with Gasteiger partial charge >= 0.3 is 12.2 Å². The van der Waals surface area contributed by atoms with Crippen LogP contribution in [0.25, 0.3) is 10.6 Å². The van der Waals surface area contributed by atoms with Gasteiger partial charge < -0.3 is 5.32 Å². The van der Waals surface area contributed by atoms with E-state index in [-0.39, 0.29) is 21.2 Å². The molecule has 0 aliphatic rings. The number of rotatable bonds is 3. The van der Waals surface area contributed by atoms with Crippen LogP contribution in [0, 0.1) is 5.82 Å². The van der Waals surface area contributed by atoms with E-state index in [2.05, 4.69) is 20.4 Å². The number of hydrazone groups is 1. The van der Waals surface area contributed by atoms with Crippen molar-refractivity contribution in [1.29, 1.82) is 0 Å². The SMILES string of the molecule is CNC(=O)NN=C(C)c1sc(-c2cncc(F)c2)nc1C(F)(F)F. The van der Waals surface area contributed by atoms with Gasteiger partial charge in [-0.2, -0.15) is 18.3 Å². The number of carbonyl (C=O) groups excluding carboxylic acids is 1. The number of halogens is 4. The number of hydrogen-bond donors (Lipinski definition) is 2. The molecular weight excluding hydrogens is 350 g/mol. The molecule has 2 N–H and O–H groups in total. The van der Waals surface area contributed by atoms with E-state index in [0.29, 0.717) is 11.3 Å². The average molecular weight is 361 g/mol. The fraction of sp³-hybridized carbons (Fsp3) is 0.231. The van der Waals surface area contributed by atoms with E-state index in [4.69, 9.17) is 0 Å². The first kappa shape index (κ1) is 17.8. The van der Waals surface area contributed by atoms with Crippen LogP contribution >= 0.6 is 11.3 Å². The largest absolute Gasteiger partial charge is 0.434 e. The van der Waals surface area contributed by atoms with Gasteiger partial charge in [-0.05, 0) is 13.0 Å². The molecule has 0 aromatic carbocycles. The lowest BCUT2D eigenvalue weighted by Crippen LogP contribution is -2.29. The standard InChI is InChI=1S/C13H11F4N5OS/c1-6(21-22-12(23)18-2)9-10(13(15,16)17)20-11(24-9)7-3-8(14)5-19-4-7/h3-5H,1-2H3,(H2,18,22,23). The van der Waals surface area contributed by atoms with Crippen LogP contribution in [0.3, 0.4) is 0 Å². The molecule has 0 saturated carbocycles. The summed E-state index contributed by atoms with van der Waals surface area (Å²) in [5.41, 5.74) is 0.914. The van der Waals surface area contributed by atoms with Gasteiger partial charge in [0.1, 0.15) is 10.8 Å². The summed E-state index contributed by atoms with van der Waals surface area (Å²) in [5, 5.41) is 5.75. The number of pyridine rings is 1. The topological polar surface area (TPSA) is 79.3 Å². The number of urea groups is 1. The molecule has 128 valence electrons. The number of hydrogen-bond acceptors (Lipinski definition) is 5. The summed E-state index contributed by atoms with van der Waals surface area (Å²) < 4.78 is 52.8. The second-order valence-electron chi connectivity index (χ2n) is 4.47. The molecule has 2 rings (SSSR count). The fourth-order valence-corrected chi connectivity index (χ4v) is 2.66. The second kappa shape index (κ2) is 6.91. The molecule has 6 nitrogen and oxygen atoms in total. The fourth-order valence-electron chi connectivity index (χ4n) is 1.65. The normalized spacial score (nSPS) is 12.2. The minimum Gasteiger partial charge on any atom is -0.340 e. The molecule has 0 atom stereocenters. The first-order chi connectivity index (χ1) is 11.2. The maximum atomic E-state index is 13.2. The second-order valence-corrected chi connectivity index (χ2v) is 5.47. The van der Waals surface area contributed by atoms with Crippen molar-refractivity contribution in [1.82, 2.24) is 20.7 Å². The zero-order valence-corrected chi connectivity index (χ0v) is 13.2. The molecule has 0 spiro atoms. The van der Waals surface area contributed by atoms with E-state index in [0.717, 1.165) is 12.3 Å². The maximum absolute atomic E-state index is 13.2. The van der Waals surface area contributed by atoms with Gasteiger partial charge in [0, 0.05) is 18.8 Å². The lowest BCUT2D eigenvalue weighted by atomic mass is 10.2. The summed E-state index contributed by atoms with van der Waals surface area (Å²) in [6, 6.07) is 0.354. The smallest absolute Gasteiger partial charge is 0.340 e. The Bertz CT molecular complexity index is 787. The number of aromatic nitrogens is 2. The lowest BCUT2D eigenvalue weighted by molar-refractivity contribution is -0.140. The van der Waals surface area contributed by atoms with Crippen molar-refractivity contribution in [2.45, 2.75) is 13.1 Å². The van der Waals surface area contributed by atoms with E-state index in [1.54, 1.807) is 0 Å². The molecule has 2 heterocycles. The number of nitrogens with zero attached hydrogens (tertiary/aromatic N) is 3. The third-order valence-electron chi connectivity index (χ3n) is 2.73. The Morgan fingerprint density at radius 1 is 1.33 bits per heavy atom. The molecule has 0 aliphatic heterocycles. The van der Waals surface area contributed by atoms with Crippen LogP contribution in [0.15, 0.2) is 23.6 Å². The maximum Gasteiger partial charge on any atom is 0.434 e. The number of carbonyl (C=O) groups is 1. The van der Waals surface area contributed by atoms with Crippen LogP contribution in [0.4, 0.5) is 22.4 Å². The Morgan fingerprint density at radius 2 is 2.04 bits per heavy atom. The molecule has 2 amide bonds. The number of amides is 2. The van der Waals surface area contributed by atoms with Crippen LogP contribution < -0.4 is 10.7 Å². The Kier molecular flexibility index (Phi) is 5.12. The number of alkyl halides is 3. The van der Waals surface area contributed by atoms with Gasteiger partial charge in [-0.15, -0.1) is 11.3 Å². The van der Waals surface area contributed by atoms with Gasteiger partial charge in [0.05, 0.1) is 16.8 Å². The van der Waals surface area contributed by atoms with E-state index in [9.17, 15) is 22.4 Å².